The van der Waals surface area contributed by atoms with E-state index in [0.29, 0.717) is 11.7 Å². The molecular formula is C8H15NO. The van der Waals surface area contributed by atoms with Crippen molar-refractivity contribution in [2.75, 3.05) is 0 Å². The van der Waals surface area contributed by atoms with Gasteiger partial charge in [0.05, 0.1) is 0 Å². The predicted octanol–water partition coefficient (Wildman–Crippen LogP) is 1.09. The summed E-state index contributed by atoms with van der Waals surface area (Å²) in [6.45, 7) is 2.03. The summed E-state index contributed by atoms with van der Waals surface area (Å²) in [7, 11) is 0. The van der Waals surface area contributed by atoms with E-state index in [2.05, 4.69) is 0 Å². The van der Waals surface area contributed by atoms with Crippen LogP contribution in [-0.4, -0.2) is 11.8 Å². The minimum atomic E-state index is 0.271. The van der Waals surface area contributed by atoms with Gasteiger partial charge in [-0.2, -0.15) is 0 Å². The van der Waals surface area contributed by atoms with Crippen LogP contribution in [0.1, 0.15) is 32.6 Å². The van der Waals surface area contributed by atoms with Crippen molar-refractivity contribution in [1.82, 2.24) is 0 Å². The largest absolute Gasteiger partial charge is 0.328 e. The monoisotopic (exact) mass is 141 g/mol. The molecule has 58 valence electrons. The van der Waals surface area contributed by atoms with Gasteiger partial charge in [0, 0.05) is 18.9 Å². The SMILES string of the molecule is CC(N)C1CCC(=O)CC1. The third kappa shape index (κ3) is 1.81. The molecule has 1 aliphatic carbocycles. The van der Waals surface area contributed by atoms with Gasteiger partial charge >= 0.3 is 0 Å². The molecule has 0 bridgehead atoms. The number of carbonyl (C=O) groups excluding carboxylic acids is 1. The van der Waals surface area contributed by atoms with Crippen molar-refractivity contribution in [3.63, 3.8) is 0 Å². The molecule has 0 aromatic rings. The second-order valence-electron chi connectivity index (χ2n) is 3.24. The molecule has 1 unspecified atom stereocenters. The molecule has 1 atom stereocenters. The van der Waals surface area contributed by atoms with Crippen LogP contribution in [0.15, 0.2) is 0 Å². The molecule has 0 spiro atoms. The Morgan fingerprint density at radius 1 is 1.50 bits per heavy atom. The van der Waals surface area contributed by atoms with Crippen molar-refractivity contribution in [3.8, 4) is 0 Å². The van der Waals surface area contributed by atoms with Gasteiger partial charge in [-0.25, -0.2) is 0 Å². The predicted molar refractivity (Wildman–Crippen MR) is 40.6 cm³/mol. The second-order valence-corrected chi connectivity index (χ2v) is 3.24. The van der Waals surface area contributed by atoms with Crippen LogP contribution in [0.25, 0.3) is 0 Å². The lowest BCUT2D eigenvalue weighted by Crippen LogP contribution is -2.30. The third-order valence-corrected chi connectivity index (χ3v) is 2.33. The lowest BCUT2D eigenvalue weighted by Gasteiger charge is -2.23. The van der Waals surface area contributed by atoms with Crippen LogP contribution < -0.4 is 5.73 Å². The van der Waals surface area contributed by atoms with Gasteiger partial charge in [-0.15, -0.1) is 0 Å². The lowest BCUT2D eigenvalue weighted by molar-refractivity contribution is -0.121. The van der Waals surface area contributed by atoms with E-state index in [-0.39, 0.29) is 6.04 Å². The third-order valence-electron chi connectivity index (χ3n) is 2.33. The smallest absolute Gasteiger partial charge is 0.132 e. The highest BCUT2D eigenvalue weighted by Gasteiger charge is 2.20. The normalized spacial score (nSPS) is 24.8. The van der Waals surface area contributed by atoms with Crippen LogP contribution in [0.2, 0.25) is 0 Å². The maximum absolute atomic E-state index is 10.8. The van der Waals surface area contributed by atoms with Crippen LogP contribution in [0.5, 0.6) is 0 Å². The van der Waals surface area contributed by atoms with E-state index in [1.54, 1.807) is 0 Å². The number of nitrogens with two attached hydrogens (primary N) is 1. The van der Waals surface area contributed by atoms with Crippen molar-refractivity contribution in [2.24, 2.45) is 11.7 Å². The summed E-state index contributed by atoms with van der Waals surface area (Å²) >= 11 is 0. The summed E-state index contributed by atoms with van der Waals surface area (Å²) in [6, 6.07) is 0.271. The standard InChI is InChI=1S/C8H15NO/c1-6(9)7-2-4-8(10)5-3-7/h6-7H,2-5,9H2,1H3. The first-order valence-electron chi connectivity index (χ1n) is 3.97. The average Bonchev–Trinajstić information content (AvgIpc) is 1.88. The average molecular weight is 141 g/mol. The quantitative estimate of drug-likeness (QED) is 0.594. The molecule has 0 aromatic heterocycles. The van der Waals surface area contributed by atoms with Gasteiger partial charge in [-0.3, -0.25) is 4.79 Å². The summed E-state index contributed by atoms with van der Waals surface area (Å²) in [5, 5.41) is 0. The highest BCUT2D eigenvalue weighted by molar-refractivity contribution is 5.79. The number of Topliss-reactive ketones (excluding diaryl/α,β-unsaturated/α-hetero) is 1. The minimum Gasteiger partial charge on any atom is -0.328 e. The summed E-state index contributed by atoms with van der Waals surface area (Å²) in [5.41, 5.74) is 5.70. The molecule has 0 heterocycles. The van der Waals surface area contributed by atoms with Crippen LogP contribution in [-0.2, 0) is 4.79 Å². The molecule has 1 saturated carbocycles. The zero-order valence-corrected chi connectivity index (χ0v) is 6.47. The summed E-state index contributed by atoms with van der Waals surface area (Å²) in [4.78, 5) is 10.8. The molecule has 0 aromatic carbocycles. The van der Waals surface area contributed by atoms with Crippen molar-refractivity contribution >= 4 is 5.78 Å². The maximum atomic E-state index is 10.8. The molecule has 0 saturated heterocycles. The Bertz CT molecular complexity index is 121. The second kappa shape index (κ2) is 3.15. The van der Waals surface area contributed by atoms with Gasteiger partial charge in [0.1, 0.15) is 5.78 Å². The van der Waals surface area contributed by atoms with E-state index >= 15 is 0 Å². The molecule has 2 heteroatoms. The van der Waals surface area contributed by atoms with Gasteiger partial charge in [0.25, 0.3) is 0 Å². The minimum absolute atomic E-state index is 0.271. The van der Waals surface area contributed by atoms with E-state index in [0.717, 1.165) is 25.7 Å². The van der Waals surface area contributed by atoms with Crippen LogP contribution in [0.3, 0.4) is 0 Å². The molecule has 2 nitrogen and oxygen atoms in total. The molecule has 1 rings (SSSR count). The zero-order chi connectivity index (χ0) is 7.56. The first-order valence-corrected chi connectivity index (χ1v) is 3.97. The zero-order valence-electron chi connectivity index (χ0n) is 6.47. The number of rotatable bonds is 1. The molecule has 0 aliphatic heterocycles. The Labute approximate surface area is 61.8 Å². The topological polar surface area (TPSA) is 43.1 Å². The fourth-order valence-corrected chi connectivity index (χ4v) is 1.49. The number of carbonyl (C=O) groups is 1. The molecule has 1 aliphatic rings. The van der Waals surface area contributed by atoms with E-state index in [1.165, 1.54) is 0 Å². The van der Waals surface area contributed by atoms with Gasteiger partial charge in [-0.1, -0.05) is 0 Å². The summed E-state index contributed by atoms with van der Waals surface area (Å²) in [6.07, 6.45) is 3.53. The highest BCUT2D eigenvalue weighted by atomic mass is 16.1. The van der Waals surface area contributed by atoms with Gasteiger partial charge in [0.15, 0.2) is 0 Å². The Morgan fingerprint density at radius 3 is 2.40 bits per heavy atom. The van der Waals surface area contributed by atoms with Crippen LogP contribution in [0, 0.1) is 5.92 Å². The maximum Gasteiger partial charge on any atom is 0.132 e. The van der Waals surface area contributed by atoms with Crippen molar-refractivity contribution in [2.45, 2.75) is 38.6 Å². The number of hydrogen-bond donors (Lipinski definition) is 1. The van der Waals surface area contributed by atoms with E-state index in [4.69, 9.17) is 5.73 Å². The first-order chi connectivity index (χ1) is 4.70. The van der Waals surface area contributed by atoms with Crippen LogP contribution >= 0.6 is 0 Å². The Balaban J connectivity index is 2.33. The Morgan fingerprint density at radius 2 is 2.00 bits per heavy atom. The van der Waals surface area contributed by atoms with E-state index < -0.39 is 0 Å². The Hall–Kier alpha value is -0.370. The highest BCUT2D eigenvalue weighted by Crippen LogP contribution is 2.23. The Kier molecular flexibility index (Phi) is 2.44. The molecule has 1 fully saturated rings. The van der Waals surface area contributed by atoms with E-state index in [1.807, 2.05) is 6.92 Å². The molecule has 0 amide bonds. The van der Waals surface area contributed by atoms with Crippen molar-refractivity contribution in [1.29, 1.82) is 0 Å². The fourth-order valence-electron chi connectivity index (χ4n) is 1.49. The molecule has 2 N–H and O–H groups in total. The number of ketones is 1. The first kappa shape index (κ1) is 7.73. The van der Waals surface area contributed by atoms with Gasteiger partial charge in [0.2, 0.25) is 0 Å². The van der Waals surface area contributed by atoms with Crippen molar-refractivity contribution in [3.05, 3.63) is 0 Å². The van der Waals surface area contributed by atoms with Gasteiger partial charge < -0.3 is 5.73 Å². The van der Waals surface area contributed by atoms with Gasteiger partial charge in [-0.05, 0) is 25.7 Å². The molecular weight excluding hydrogens is 126 g/mol. The van der Waals surface area contributed by atoms with Crippen molar-refractivity contribution < 1.29 is 4.79 Å². The number of hydrogen-bond acceptors (Lipinski definition) is 2. The van der Waals surface area contributed by atoms with Crippen LogP contribution in [0.4, 0.5) is 0 Å². The molecule has 10 heavy (non-hydrogen) atoms. The van der Waals surface area contributed by atoms with E-state index in [9.17, 15) is 4.79 Å². The summed E-state index contributed by atoms with van der Waals surface area (Å²) < 4.78 is 0. The fraction of sp³-hybridized carbons (Fsp3) is 0.875. The molecule has 0 radical (unpaired) electrons. The summed E-state index contributed by atoms with van der Waals surface area (Å²) in [5.74, 6) is 1.01. The lowest BCUT2D eigenvalue weighted by atomic mass is 9.84.